The molecule has 1 unspecified atom stereocenters. The van der Waals surface area contributed by atoms with Crippen LogP contribution in [0.1, 0.15) is 27.6 Å². The van der Waals surface area contributed by atoms with Gasteiger partial charge in [-0.2, -0.15) is 0 Å². The largest absolute Gasteiger partial charge is 0.507 e. The van der Waals surface area contributed by atoms with Crippen LogP contribution in [0.4, 0.5) is 0 Å². The number of aromatic carboxylic acids is 1. The van der Waals surface area contributed by atoms with Gasteiger partial charge in [0.05, 0.1) is 10.9 Å². The fraction of sp³-hybridized carbons (Fsp3) is 0.125. The Balaban J connectivity index is 2.47. The molecule has 8 nitrogen and oxygen atoms in total. The molecule has 3 N–H and O–H groups in total. The maximum absolute atomic E-state index is 12.8. The third-order valence-corrected chi connectivity index (χ3v) is 3.89. The molecule has 0 aliphatic heterocycles. The molecule has 2 aromatic rings. The van der Waals surface area contributed by atoms with E-state index in [0.717, 1.165) is 6.07 Å². The van der Waals surface area contributed by atoms with E-state index >= 15 is 0 Å². The van der Waals surface area contributed by atoms with E-state index in [1.807, 2.05) is 0 Å². The third kappa shape index (κ3) is 2.08. The number of aromatic hydroxyl groups is 1. The van der Waals surface area contributed by atoms with E-state index in [4.69, 9.17) is 4.42 Å². The van der Waals surface area contributed by atoms with E-state index in [2.05, 4.69) is 0 Å². The maximum atomic E-state index is 12.8. The second kappa shape index (κ2) is 5.34. The number of carboxylic acids is 2. The number of benzene rings is 1. The van der Waals surface area contributed by atoms with Gasteiger partial charge in [0.15, 0.2) is 5.43 Å². The second-order valence-corrected chi connectivity index (χ2v) is 5.20. The quantitative estimate of drug-likeness (QED) is 0.709. The first-order valence-corrected chi connectivity index (χ1v) is 6.79. The van der Waals surface area contributed by atoms with Crippen LogP contribution >= 0.6 is 0 Å². The molecule has 8 heteroatoms. The summed E-state index contributed by atoms with van der Waals surface area (Å²) in [6.45, 7) is 0. The number of fused-ring (bicyclic) bond motifs is 2. The zero-order valence-corrected chi connectivity index (χ0v) is 12.0. The summed E-state index contributed by atoms with van der Waals surface area (Å²) in [5, 5.41) is 27.9. The first kappa shape index (κ1) is 15.5. The van der Waals surface area contributed by atoms with Gasteiger partial charge in [-0.15, -0.1) is 0 Å². The molecule has 3 rings (SSSR count). The number of carbonyl (C=O) groups excluding carboxylic acids is 1. The molecule has 0 spiro atoms. The molecule has 1 aromatic heterocycles. The molecule has 24 heavy (non-hydrogen) atoms. The normalized spacial score (nSPS) is 16.3. The van der Waals surface area contributed by atoms with Crippen LogP contribution in [0.5, 0.6) is 5.75 Å². The van der Waals surface area contributed by atoms with Crippen molar-refractivity contribution in [3.8, 4) is 5.75 Å². The number of allylic oxidation sites excluding steroid dienone is 1. The van der Waals surface area contributed by atoms with E-state index in [1.165, 1.54) is 12.1 Å². The van der Waals surface area contributed by atoms with Gasteiger partial charge in [-0.1, -0.05) is 6.08 Å². The van der Waals surface area contributed by atoms with E-state index < -0.39 is 40.0 Å². The smallest absolute Gasteiger partial charge is 0.340 e. The average molecular weight is 330 g/mol. The summed E-state index contributed by atoms with van der Waals surface area (Å²) < 4.78 is 5.49. The monoisotopic (exact) mass is 330 g/mol. The zero-order chi connectivity index (χ0) is 17.6. The van der Waals surface area contributed by atoms with Gasteiger partial charge < -0.3 is 19.7 Å². The summed E-state index contributed by atoms with van der Waals surface area (Å²) in [6, 6.07) is 2.30. The summed E-state index contributed by atoms with van der Waals surface area (Å²) in [7, 11) is 0. The Morgan fingerprint density at radius 3 is 2.54 bits per heavy atom. The highest BCUT2D eigenvalue weighted by Gasteiger charge is 2.35. The van der Waals surface area contributed by atoms with Crippen molar-refractivity contribution in [1.82, 2.24) is 0 Å². The Bertz CT molecular complexity index is 995. The van der Waals surface area contributed by atoms with Crippen molar-refractivity contribution in [1.29, 1.82) is 0 Å². The van der Waals surface area contributed by atoms with Crippen LogP contribution in [0.2, 0.25) is 0 Å². The fourth-order valence-corrected chi connectivity index (χ4v) is 2.87. The first-order valence-electron chi connectivity index (χ1n) is 6.79. The van der Waals surface area contributed by atoms with Crippen molar-refractivity contribution in [2.45, 2.75) is 12.3 Å². The topological polar surface area (TPSA) is 142 Å². The highest BCUT2D eigenvalue weighted by atomic mass is 16.4. The van der Waals surface area contributed by atoms with Crippen LogP contribution in [0.15, 0.2) is 33.0 Å². The van der Waals surface area contributed by atoms with Crippen molar-refractivity contribution in [3.63, 3.8) is 0 Å². The Kier molecular flexibility index (Phi) is 3.44. The summed E-state index contributed by atoms with van der Waals surface area (Å²) in [6.07, 6.45) is 1.72. The molecule has 1 heterocycles. The lowest BCUT2D eigenvalue weighted by atomic mass is 9.84. The summed E-state index contributed by atoms with van der Waals surface area (Å²) in [5.74, 6) is -5.13. The van der Waals surface area contributed by atoms with E-state index in [-0.39, 0.29) is 28.9 Å². The second-order valence-electron chi connectivity index (χ2n) is 5.20. The molecular formula is C16H10O8. The zero-order valence-electron chi connectivity index (χ0n) is 12.0. The van der Waals surface area contributed by atoms with Crippen molar-refractivity contribution in [3.05, 3.63) is 50.9 Å². The molecule has 0 saturated heterocycles. The van der Waals surface area contributed by atoms with Crippen molar-refractivity contribution < 1.29 is 34.1 Å². The minimum atomic E-state index is -1.56. The molecule has 1 aromatic carbocycles. The van der Waals surface area contributed by atoms with Gasteiger partial charge in [0, 0.05) is 12.0 Å². The van der Waals surface area contributed by atoms with E-state index in [1.54, 1.807) is 0 Å². The van der Waals surface area contributed by atoms with Crippen LogP contribution in [0.3, 0.4) is 0 Å². The Hall–Kier alpha value is -3.42. The molecule has 122 valence electrons. The minimum Gasteiger partial charge on any atom is -0.507 e. The summed E-state index contributed by atoms with van der Waals surface area (Å²) in [5.41, 5.74) is -2.05. The van der Waals surface area contributed by atoms with E-state index in [9.17, 15) is 34.5 Å². The molecule has 0 saturated carbocycles. The Morgan fingerprint density at radius 2 is 1.96 bits per heavy atom. The lowest BCUT2D eigenvalue weighted by Crippen LogP contribution is -2.28. The predicted molar refractivity (Wildman–Crippen MR) is 79.3 cm³/mol. The lowest BCUT2D eigenvalue weighted by Gasteiger charge is -2.20. The molecule has 1 atom stereocenters. The van der Waals surface area contributed by atoms with Crippen molar-refractivity contribution >= 4 is 29.2 Å². The lowest BCUT2D eigenvalue weighted by molar-refractivity contribution is -0.138. The van der Waals surface area contributed by atoms with Crippen LogP contribution in [0.25, 0.3) is 11.0 Å². The van der Waals surface area contributed by atoms with Crippen LogP contribution < -0.4 is 5.43 Å². The summed E-state index contributed by atoms with van der Waals surface area (Å²) >= 11 is 0. The number of carbonyl (C=O) groups is 3. The highest BCUT2D eigenvalue weighted by molar-refractivity contribution is 6.05. The minimum absolute atomic E-state index is 0.0294. The number of hydrogen-bond acceptors (Lipinski definition) is 6. The molecule has 0 bridgehead atoms. The third-order valence-electron chi connectivity index (χ3n) is 3.89. The number of carboxylic acid groups (broad SMARTS) is 2. The van der Waals surface area contributed by atoms with Crippen LogP contribution in [-0.2, 0) is 16.0 Å². The molecule has 0 fully saturated rings. The Morgan fingerprint density at radius 1 is 1.25 bits per heavy atom. The molecule has 0 radical (unpaired) electrons. The van der Waals surface area contributed by atoms with Gasteiger partial charge in [0.25, 0.3) is 0 Å². The maximum Gasteiger partial charge on any atom is 0.340 e. The standard InChI is InChI=1S/C16H10O8/c17-5-6-1-3-8-12(10(6)15(20)21)14(19)13-9(24-8)4-2-7(18)11(13)16(22)23/h1-2,4-5,10,18H,3H2,(H,20,21)(H,22,23). The molecular weight excluding hydrogens is 320 g/mol. The first-order chi connectivity index (χ1) is 11.4. The number of phenols is 1. The average Bonchev–Trinajstić information content (AvgIpc) is 2.53. The molecule has 1 aliphatic rings. The van der Waals surface area contributed by atoms with E-state index in [0.29, 0.717) is 6.29 Å². The van der Waals surface area contributed by atoms with Gasteiger partial charge >= 0.3 is 11.9 Å². The molecule has 1 aliphatic carbocycles. The summed E-state index contributed by atoms with van der Waals surface area (Å²) in [4.78, 5) is 46.8. The van der Waals surface area contributed by atoms with Gasteiger partial charge in [-0.05, 0) is 12.1 Å². The van der Waals surface area contributed by atoms with Gasteiger partial charge in [0.2, 0.25) is 0 Å². The number of aliphatic carboxylic acids is 1. The Labute approximate surface area is 133 Å². The van der Waals surface area contributed by atoms with Gasteiger partial charge in [0.1, 0.15) is 34.9 Å². The number of aldehydes is 1. The van der Waals surface area contributed by atoms with Crippen LogP contribution in [-0.4, -0.2) is 33.5 Å². The fourth-order valence-electron chi connectivity index (χ4n) is 2.87. The van der Waals surface area contributed by atoms with Gasteiger partial charge in [-0.3, -0.25) is 14.4 Å². The SMILES string of the molecule is O=CC1=CCc2oc3ccc(O)c(C(=O)O)c3c(=O)c2C1C(=O)O. The number of hydrogen-bond donors (Lipinski definition) is 3. The predicted octanol–water partition coefficient (Wildman–Crippen LogP) is 1.05. The highest BCUT2D eigenvalue weighted by Crippen LogP contribution is 2.34. The van der Waals surface area contributed by atoms with Crippen molar-refractivity contribution in [2.75, 3.05) is 0 Å². The van der Waals surface area contributed by atoms with Crippen LogP contribution in [0, 0.1) is 0 Å². The molecule has 0 amide bonds. The van der Waals surface area contributed by atoms with Crippen molar-refractivity contribution in [2.24, 2.45) is 0 Å². The number of rotatable bonds is 3. The van der Waals surface area contributed by atoms with Gasteiger partial charge in [-0.25, -0.2) is 4.79 Å².